The Balaban J connectivity index is 4.40. The van der Waals surface area contributed by atoms with Gasteiger partial charge < -0.3 is 14.2 Å². The normalized spacial score (nSPS) is 12.6. The van der Waals surface area contributed by atoms with Gasteiger partial charge in [-0.1, -0.05) is 248 Å². The molecule has 386 valence electrons. The van der Waals surface area contributed by atoms with Gasteiger partial charge >= 0.3 is 17.9 Å². The quantitative estimate of drug-likeness (QED) is 0.0199. The van der Waals surface area contributed by atoms with Gasteiger partial charge in [0.15, 0.2) is 6.10 Å². The van der Waals surface area contributed by atoms with E-state index < -0.39 is 6.10 Å². The molecule has 0 heterocycles. The number of carbonyl (C=O) groups is 3. The highest BCUT2D eigenvalue weighted by molar-refractivity contribution is 5.71. The largest absolute Gasteiger partial charge is 0.462 e. The number of esters is 3. The summed E-state index contributed by atoms with van der Waals surface area (Å²) in [5, 5.41) is 0. The van der Waals surface area contributed by atoms with E-state index in [9.17, 15) is 14.4 Å². The summed E-state index contributed by atoms with van der Waals surface area (Å²) in [7, 11) is 0. The number of unbranched alkanes of at least 4 members (excludes halogenated alkanes) is 29. The number of ether oxygens (including phenoxy) is 3. The molecule has 0 aromatic rings. The molecule has 0 aromatic carbocycles. The number of rotatable bonds is 51. The van der Waals surface area contributed by atoms with Gasteiger partial charge in [-0.25, -0.2) is 0 Å². The van der Waals surface area contributed by atoms with Gasteiger partial charge in [0, 0.05) is 19.3 Å². The van der Waals surface area contributed by atoms with Crippen molar-refractivity contribution in [1.29, 1.82) is 0 Å². The molecule has 0 rings (SSSR count). The van der Waals surface area contributed by atoms with Crippen LogP contribution in [0.15, 0.2) is 72.9 Å². The van der Waals surface area contributed by atoms with E-state index >= 15 is 0 Å². The van der Waals surface area contributed by atoms with Crippen molar-refractivity contribution in [1.82, 2.24) is 0 Å². The first-order valence-corrected chi connectivity index (χ1v) is 28.5. The van der Waals surface area contributed by atoms with Crippen molar-refractivity contribution in [2.75, 3.05) is 13.2 Å². The predicted molar refractivity (Wildman–Crippen MR) is 288 cm³/mol. The summed E-state index contributed by atoms with van der Waals surface area (Å²) in [6, 6.07) is 0. The SMILES string of the molecule is CC/C=C\C/C=C\C/C=C\C/C=C\CCCCCCCCC(=O)OCC(COC(=O)CCCCCCCCCCCCCCCCC)OC(=O)CCCCCCCC/C=C\C=C/CCCCC. The van der Waals surface area contributed by atoms with Crippen molar-refractivity contribution in [3.05, 3.63) is 72.9 Å². The van der Waals surface area contributed by atoms with Crippen LogP contribution in [0.1, 0.15) is 278 Å². The molecule has 0 bridgehead atoms. The molecule has 0 aliphatic rings. The minimum atomic E-state index is -0.786. The number of allylic oxidation sites excluding steroid dienone is 12. The highest BCUT2D eigenvalue weighted by Crippen LogP contribution is 2.16. The smallest absolute Gasteiger partial charge is 0.306 e. The first kappa shape index (κ1) is 63.8. The van der Waals surface area contributed by atoms with Crippen LogP contribution in [0.2, 0.25) is 0 Å². The molecule has 0 aliphatic heterocycles. The summed E-state index contributed by atoms with van der Waals surface area (Å²) >= 11 is 0. The van der Waals surface area contributed by atoms with Gasteiger partial charge in [-0.05, 0) is 83.5 Å². The van der Waals surface area contributed by atoms with Crippen LogP contribution in [0.5, 0.6) is 0 Å². The van der Waals surface area contributed by atoms with Gasteiger partial charge in [-0.3, -0.25) is 14.4 Å². The molecule has 1 unspecified atom stereocenters. The second-order valence-electron chi connectivity index (χ2n) is 18.9. The second kappa shape index (κ2) is 55.4. The van der Waals surface area contributed by atoms with Crippen LogP contribution in [0, 0.1) is 0 Å². The lowest BCUT2D eigenvalue weighted by atomic mass is 10.0. The number of hydrogen-bond donors (Lipinski definition) is 0. The van der Waals surface area contributed by atoms with E-state index in [0.29, 0.717) is 19.3 Å². The fourth-order valence-corrected chi connectivity index (χ4v) is 7.95. The zero-order chi connectivity index (χ0) is 48.6. The summed E-state index contributed by atoms with van der Waals surface area (Å²) in [5.74, 6) is -0.900. The lowest BCUT2D eigenvalue weighted by Crippen LogP contribution is -2.30. The van der Waals surface area contributed by atoms with Crippen molar-refractivity contribution in [3.8, 4) is 0 Å². The maximum atomic E-state index is 12.8. The molecule has 0 fully saturated rings. The van der Waals surface area contributed by atoms with Crippen LogP contribution in [-0.2, 0) is 28.6 Å². The van der Waals surface area contributed by atoms with Gasteiger partial charge in [-0.2, -0.15) is 0 Å². The third-order valence-electron chi connectivity index (χ3n) is 12.2. The maximum Gasteiger partial charge on any atom is 0.306 e. The lowest BCUT2D eigenvalue weighted by molar-refractivity contribution is -0.167. The van der Waals surface area contributed by atoms with E-state index in [2.05, 4.69) is 93.7 Å². The molecular weight excluding hydrogens is 829 g/mol. The van der Waals surface area contributed by atoms with Crippen LogP contribution in [0.4, 0.5) is 0 Å². The molecule has 0 saturated carbocycles. The summed E-state index contributed by atoms with van der Waals surface area (Å²) < 4.78 is 16.9. The zero-order valence-corrected chi connectivity index (χ0v) is 44.2. The third kappa shape index (κ3) is 53.7. The predicted octanol–water partition coefficient (Wildman–Crippen LogP) is 19.0. The van der Waals surface area contributed by atoms with Crippen LogP contribution < -0.4 is 0 Å². The van der Waals surface area contributed by atoms with E-state index in [1.165, 1.54) is 135 Å². The molecular formula is C61H106O6. The Kier molecular flexibility index (Phi) is 52.8. The van der Waals surface area contributed by atoms with Crippen molar-refractivity contribution < 1.29 is 28.6 Å². The standard InChI is InChI=1S/C61H106O6/c1-4-7-10-13-16-19-22-25-28-29-30-31-34-36-39-42-45-48-51-54-60(63)66-57-58(67-61(64)55-52-49-46-43-40-37-33-27-24-21-18-15-12-9-6-3)56-65-59(62)53-50-47-44-41-38-35-32-26-23-20-17-14-11-8-5-2/h7,10,16,18-19,21,24-25,27-28,30-31,58H,4-6,8-9,11-15,17,20,22-23,26,29,32-57H2,1-3H3/b10-7-,19-16-,21-18-,27-24-,28-25-,31-30-. The lowest BCUT2D eigenvalue weighted by Gasteiger charge is -2.18. The van der Waals surface area contributed by atoms with Crippen molar-refractivity contribution >= 4 is 17.9 Å². The minimum Gasteiger partial charge on any atom is -0.462 e. The fraction of sp³-hybridized carbons (Fsp3) is 0.754. The highest BCUT2D eigenvalue weighted by Gasteiger charge is 2.19. The Morgan fingerprint density at radius 1 is 0.328 bits per heavy atom. The molecule has 0 spiro atoms. The van der Waals surface area contributed by atoms with Gasteiger partial charge in [0.1, 0.15) is 13.2 Å². The topological polar surface area (TPSA) is 78.9 Å². The van der Waals surface area contributed by atoms with E-state index in [-0.39, 0.29) is 31.1 Å². The van der Waals surface area contributed by atoms with Gasteiger partial charge in [0.25, 0.3) is 0 Å². The summed E-state index contributed by atoms with van der Waals surface area (Å²) in [5.41, 5.74) is 0. The summed E-state index contributed by atoms with van der Waals surface area (Å²) in [6.45, 7) is 6.50. The van der Waals surface area contributed by atoms with Crippen LogP contribution in [0.3, 0.4) is 0 Å². The fourth-order valence-electron chi connectivity index (χ4n) is 7.95. The van der Waals surface area contributed by atoms with Gasteiger partial charge in [-0.15, -0.1) is 0 Å². The highest BCUT2D eigenvalue weighted by atomic mass is 16.6. The molecule has 67 heavy (non-hydrogen) atoms. The van der Waals surface area contributed by atoms with Gasteiger partial charge in [0.2, 0.25) is 0 Å². The summed E-state index contributed by atoms with van der Waals surface area (Å²) in [6.07, 6.45) is 70.2. The number of hydrogen-bond acceptors (Lipinski definition) is 6. The molecule has 1 atom stereocenters. The van der Waals surface area contributed by atoms with Crippen LogP contribution in [0.25, 0.3) is 0 Å². The first-order valence-electron chi connectivity index (χ1n) is 28.5. The average Bonchev–Trinajstić information content (AvgIpc) is 3.33. The Labute approximate surface area is 414 Å². The Hall–Kier alpha value is -3.15. The maximum absolute atomic E-state index is 12.8. The van der Waals surface area contributed by atoms with Crippen LogP contribution >= 0.6 is 0 Å². The molecule has 6 nitrogen and oxygen atoms in total. The molecule has 6 heteroatoms. The summed E-state index contributed by atoms with van der Waals surface area (Å²) in [4.78, 5) is 38.1. The second-order valence-corrected chi connectivity index (χ2v) is 18.9. The molecule has 0 aliphatic carbocycles. The van der Waals surface area contributed by atoms with E-state index in [0.717, 1.165) is 103 Å². The monoisotopic (exact) mass is 935 g/mol. The van der Waals surface area contributed by atoms with Crippen molar-refractivity contribution in [3.63, 3.8) is 0 Å². The molecule has 0 amide bonds. The molecule has 0 radical (unpaired) electrons. The van der Waals surface area contributed by atoms with E-state index in [1.807, 2.05) is 0 Å². The Bertz CT molecular complexity index is 1260. The van der Waals surface area contributed by atoms with Crippen LogP contribution in [-0.4, -0.2) is 37.2 Å². The number of carbonyl (C=O) groups excluding carboxylic acids is 3. The first-order chi connectivity index (χ1) is 33.0. The zero-order valence-electron chi connectivity index (χ0n) is 44.2. The molecule has 0 aromatic heterocycles. The van der Waals surface area contributed by atoms with Crippen molar-refractivity contribution in [2.24, 2.45) is 0 Å². The van der Waals surface area contributed by atoms with Crippen molar-refractivity contribution in [2.45, 2.75) is 284 Å². The van der Waals surface area contributed by atoms with E-state index in [4.69, 9.17) is 14.2 Å². The average molecular weight is 936 g/mol. The minimum absolute atomic E-state index is 0.0827. The van der Waals surface area contributed by atoms with E-state index in [1.54, 1.807) is 0 Å². The van der Waals surface area contributed by atoms with Gasteiger partial charge in [0.05, 0.1) is 0 Å². The Morgan fingerprint density at radius 2 is 0.627 bits per heavy atom. The molecule has 0 N–H and O–H groups in total. The molecule has 0 saturated heterocycles. The Morgan fingerprint density at radius 3 is 1.03 bits per heavy atom. The third-order valence-corrected chi connectivity index (χ3v) is 12.2.